The molecule has 2 aromatic heterocycles. The Bertz CT molecular complexity index is 1380. The van der Waals surface area contributed by atoms with Gasteiger partial charge in [0.2, 0.25) is 0 Å². The predicted octanol–water partition coefficient (Wildman–Crippen LogP) is 1.80. The monoisotopic (exact) mass is 405 g/mol. The number of carbonyl (C=O) groups excluding carboxylic acids is 1. The minimum absolute atomic E-state index is 0.143. The number of fused-ring (bicyclic) bond motifs is 2. The lowest BCUT2D eigenvalue weighted by atomic mass is 10.1. The number of carbonyl (C=O) groups is 1. The number of rotatable bonds is 5. The predicted molar refractivity (Wildman–Crippen MR) is 116 cm³/mol. The van der Waals surface area contributed by atoms with Crippen LogP contribution >= 0.6 is 0 Å². The standard InChI is InChI=1S/C22H23N5O3/c1-4-16(13-27-21(29)17-8-6-5-7-15(17)12-23-27)24-20(28)14-9-10-18-19(11-14)26(3)22(30)25(18)2/h5-12,16H,4,13H2,1-3H3,(H,24,28)/t16-/m1/s1. The molecular weight excluding hydrogens is 382 g/mol. The molecule has 4 rings (SSSR count). The highest BCUT2D eigenvalue weighted by atomic mass is 16.2. The first-order valence-corrected chi connectivity index (χ1v) is 9.82. The van der Waals surface area contributed by atoms with E-state index in [-0.39, 0.29) is 29.7 Å². The third kappa shape index (κ3) is 3.30. The molecule has 0 unspecified atom stereocenters. The highest BCUT2D eigenvalue weighted by Crippen LogP contribution is 2.14. The van der Waals surface area contributed by atoms with E-state index >= 15 is 0 Å². The molecule has 0 radical (unpaired) electrons. The van der Waals surface area contributed by atoms with E-state index in [0.29, 0.717) is 22.9 Å². The molecule has 0 aliphatic carbocycles. The number of imidazole rings is 1. The van der Waals surface area contributed by atoms with Crippen LogP contribution in [-0.4, -0.2) is 30.9 Å². The van der Waals surface area contributed by atoms with Gasteiger partial charge in [0, 0.05) is 31.1 Å². The molecule has 8 nitrogen and oxygen atoms in total. The molecular formula is C22H23N5O3. The number of nitrogens with zero attached hydrogens (tertiary/aromatic N) is 4. The first kappa shape index (κ1) is 19.6. The van der Waals surface area contributed by atoms with Crippen molar-refractivity contribution in [1.29, 1.82) is 0 Å². The highest BCUT2D eigenvalue weighted by Gasteiger charge is 2.17. The molecule has 0 fully saturated rings. The van der Waals surface area contributed by atoms with E-state index in [9.17, 15) is 14.4 Å². The Morgan fingerprint density at radius 1 is 1.07 bits per heavy atom. The lowest BCUT2D eigenvalue weighted by Crippen LogP contribution is -2.40. The molecule has 154 valence electrons. The zero-order chi connectivity index (χ0) is 21.4. The van der Waals surface area contributed by atoms with Crippen molar-refractivity contribution in [2.75, 3.05) is 0 Å². The fourth-order valence-corrected chi connectivity index (χ4v) is 3.66. The molecule has 2 aromatic carbocycles. The van der Waals surface area contributed by atoms with Crippen molar-refractivity contribution in [2.24, 2.45) is 14.1 Å². The van der Waals surface area contributed by atoms with E-state index in [1.807, 2.05) is 25.1 Å². The number of aryl methyl sites for hydroxylation is 2. The second-order valence-electron chi connectivity index (χ2n) is 7.40. The maximum absolute atomic E-state index is 12.8. The summed E-state index contributed by atoms with van der Waals surface area (Å²) in [5.74, 6) is -0.256. The fourth-order valence-electron chi connectivity index (χ4n) is 3.66. The van der Waals surface area contributed by atoms with Crippen LogP contribution in [0.2, 0.25) is 0 Å². The van der Waals surface area contributed by atoms with Gasteiger partial charge in [-0.3, -0.25) is 18.7 Å². The largest absolute Gasteiger partial charge is 0.347 e. The number of amides is 1. The van der Waals surface area contributed by atoms with Gasteiger partial charge < -0.3 is 5.32 Å². The number of aromatic nitrogens is 4. The van der Waals surface area contributed by atoms with E-state index < -0.39 is 0 Å². The molecule has 0 saturated carbocycles. The minimum Gasteiger partial charge on any atom is -0.347 e. The molecule has 1 N–H and O–H groups in total. The lowest BCUT2D eigenvalue weighted by Gasteiger charge is -2.18. The molecule has 8 heteroatoms. The van der Waals surface area contributed by atoms with Crippen LogP contribution in [0.4, 0.5) is 0 Å². The van der Waals surface area contributed by atoms with E-state index in [1.165, 1.54) is 9.25 Å². The van der Waals surface area contributed by atoms with Crippen molar-refractivity contribution < 1.29 is 4.79 Å². The van der Waals surface area contributed by atoms with Gasteiger partial charge in [-0.2, -0.15) is 5.10 Å². The zero-order valence-electron chi connectivity index (χ0n) is 17.1. The van der Waals surface area contributed by atoms with Gasteiger partial charge in [0.25, 0.3) is 11.5 Å². The van der Waals surface area contributed by atoms with Crippen molar-refractivity contribution in [1.82, 2.24) is 24.2 Å². The Balaban J connectivity index is 1.58. The summed E-state index contributed by atoms with van der Waals surface area (Å²) >= 11 is 0. The SMILES string of the molecule is CC[C@H](Cn1ncc2ccccc2c1=O)NC(=O)c1ccc2c(c1)n(C)c(=O)n2C. The van der Waals surface area contributed by atoms with Crippen molar-refractivity contribution in [3.05, 3.63) is 75.1 Å². The number of benzene rings is 2. The van der Waals surface area contributed by atoms with Crippen LogP contribution in [0.1, 0.15) is 23.7 Å². The summed E-state index contributed by atoms with van der Waals surface area (Å²) in [5.41, 5.74) is 1.59. The van der Waals surface area contributed by atoms with Crippen LogP contribution in [0.25, 0.3) is 21.8 Å². The third-order valence-corrected chi connectivity index (χ3v) is 5.52. The van der Waals surface area contributed by atoms with E-state index in [1.54, 1.807) is 49.1 Å². The number of hydrogen-bond acceptors (Lipinski definition) is 4. The molecule has 0 aliphatic heterocycles. The van der Waals surface area contributed by atoms with Gasteiger partial charge in [-0.1, -0.05) is 25.1 Å². The first-order valence-electron chi connectivity index (χ1n) is 9.82. The maximum atomic E-state index is 12.8. The summed E-state index contributed by atoms with van der Waals surface area (Å²) in [6, 6.07) is 12.2. The topological polar surface area (TPSA) is 90.9 Å². The lowest BCUT2D eigenvalue weighted by molar-refractivity contribution is 0.0931. The van der Waals surface area contributed by atoms with Crippen molar-refractivity contribution >= 4 is 27.7 Å². The second kappa shape index (κ2) is 7.62. The molecule has 1 atom stereocenters. The Hall–Kier alpha value is -3.68. The van der Waals surface area contributed by atoms with Crippen LogP contribution in [-0.2, 0) is 20.6 Å². The maximum Gasteiger partial charge on any atom is 0.328 e. The molecule has 0 saturated heterocycles. The van der Waals surface area contributed by atoms with Gasteiger partial charge in [0.05, 0.1) is 29.2 Å². The summed E-state index contributed by atoms with van der Waals surface area (Å²) in [5, 5.41) is 8.62. The molecule has 2 heterocycles. The summed E-state index contributed by atoms with van der Waals surface area (Å²) in [6.45, 7) is 2.22. The van der Waals surface area contributed by atoms with E-state index in [4.69, 9.17) is 0 Å². The molecule has 1 amide bonds. The van der Waals surface area contributed by atoms with Crippen LogP contribution < -0.4 is 16.6 Å². The Kier molecular flexibility index (Phi) is 4.99. The Morgan fingerprint density at radius 3 is 2.57 bits per heavy atom. The smallest absolute Gasteiger partial charge is 0.328 e. The normalized spacial score (nSPS) is 12.4. The van der Waals surface area contributed by atoms with Crippen LogP contribution in [0, 0.1) is 0 Å². The Labute approximate surface area is 172 Å². The van der Waals surface area contributed by atoms with Gasteiger partial charge in [0.15, 0.2) is 0 Å². The second-order valence-corrected chi connectivity index (χ2v) is 7.40. The van der Waals surface area contributed by atoms with Gasteiger partial charge in [-0.15, -0.1) is 0 Å². The molecule has 30 heavy (non-hydrogen) atoms. The van der Waals surface area contributed by atoms with Gasteiger partial charge in [0.1, 0.15) is 0 Å². The van der Waals surface area contributed by atoms with Crippen molar-refractivity contribution in [3.8, 4) is 0 Å². The van der Waals surface area contributed by atoms with Gasteiger partial charge in [-0.25, -0.2) is 9.48 Å². The fraction of sp³-hybridized carbons (Fsp3) is 0.273. The summed E-state index contributed by atoms with van der Waals surface area (Å²) in [7, 11) is 3.38. The van der Waals surface area contributed by atoms with Gasteiger partial charge in [-0.05, 0) is 30.7 Å². The van der Waals surface area contributed by atoms with E-state index in [0.717, 1.165) is 10.9 Å². The minimum atomic E-state index is -0.265. The van der Waals surface area contributed by atoms with Crippen LogP contribution in [0.15, 0.2) is 58.3 Å². The highest BCUT2D eigenvalue weighted by molar-refractivity contribution is 5.97. The van der Waals surface area contributed by atoms with Crippen LogP contribution in [0.3, 0.4) is 0 Å². The first-order chi connectivity index (χ1) is 14.4. The quantitative estimate of drug-likeness (QED) is 0.548. The zero-order valence-corrected chi connectivity index (χ0v) is 17.1. The summed E-state index contributed by atoms with van der Waals surface area (Å²) in [6.07, 6.45) is 2.30. The average molecular weight is 405 g/mol. The average Bonchev–Trinajstić information content (AvgIpc) is 2.98. The summed E-state index contributed by atoms with van der Waals surface area (Å²) in [4.78, 5) is 37.6. The Morgan fingerprint density at radius 2 is 1.80 bits per heavy atom. The van der Waals surface area contributed by atoms with E-state index in [2.05, 4.69) is 10.4 Å². The summed E-state index contributed by atoms with van der Waals surface area (Å²) < 4.78 is 4.45. The number of nitrogens with one attached hydrogen (secondary N) is 1. The number of hydrogen-bond donors (Lipinski definition) is 1. The molecule has 0 spiro atoms. The van der Waals surface area contributed by atoms with Gasteiger partial charge >= 0.3 is 5.69 Å². The van der Waals surface area contributed by atoms with Crippen molar-refractivity contribution in [2.45, 2.75) is 25.9 Å². The third-order valence-electron chi connectivity index (χ3n) is 5.52. The molecule has 4 aromatic rings. The van der Waals surface area contributed by atoms with Crippen molar-refractivity contribution in [3.63, 3.8) is 0 Å². The molecule has 0 bridgehead atoms. The molecule has 0 aliphatic rings. The van der Waals surface area contributed by atoms with Crippen LogP contribution in [0.5, 0.6) is 0 Å².